The highest BCUT2D eigenvalue weighted by Gasteiger charge is 2.00. The molecule has 4 N–H and O–H groups in total. The van der Waals surface area contributed by atoms with E-state index in [1.54, 1.807) is 0 Å². The summed E-state index contributed by atoms with van der Waals surface area (Å²) in [6, 6.07) is 0. The van der Waals surface area contributed by atoms with Gasteiger partial charge in [-0.3, -0.25) is 0 Å². The number of ether oxygens (including phenoxy) is 1. The number of phosphoric acid groups is 1. The first-order valence-corrected chi connectivity index (χ1v) is 22.5. The number of nitrogens with one attached hydrogen (secondary N) is 1. The summed E-state index contributed by atoms with van der Waals surface area (Å²) >= 11 is 0. The van der Waals surface area contributed by atoms with Gasteiger partial charge >= 0.3 is 7.82 Å². The molecule has 288 valence electrons. The third kappa shape index (κ3) is 68.7. The van der Waals surface area contributed by atoms with Crippen LogP contribution in [-0.2, 0) is 9.30 Å². The summed E-state index contributed by atoms with van der Waals surface area (Å²) in [5.74, 6) is 0. The van der Waals surface area contributed by atoms with E-state index in [4.69, 9.17) is 24.0 Å². The average Bonchev–Trinajstić information content (AvgIpc) is 3.03. The molecule has 0 aliphatic carbocycles. The zero-order valence-electron chi connectivity index (χ0n) is 32.6. The summed E-state index contributed by atoms with van der Waals surface area (Å²) in [5, 5.41) is 3.57. The molecule has 0 unspecified atom stereocenters. The predicted molar refractivity (Wildman–Crippen MR) is 208 cm³/mol. The molecule has 0 aliphatic rings. The van der Waals surface area contributed by atoms with Gasteiger partial charge in [-0.2, -0.15) is 0 Å². The van der Waals surface area contributed by atoms with E-state index in [-0.39, 0.29) is 0 Å². The minimum atomic E-state index is -4.64. The van der Waals surface area contributed by atoms with Crippen molar-refractivity contribution in [2.75, 3.05) is 26.3 Å². The van der Waals surface area contributed by atoms with Gasteiger partial charge in [0.05, 0.1) is 0 Å². The standard InChI is InChI=1S/C24H50O.C16H35N.H3O4P/c1-3-5-7-9-11-13-15-17-19-21-23-25-24-22-20-18-16-14-12-10-8-6-4-2;1-3-5-7-9-11-13-15-17-16-14-12-10-8-6-4-2;1-5(2,3)4/h3-24H2,1-2H3;17H,3-16H2,1-2H3;(H3,1,2,3,4). The van der Waals surface area contributed by atoms with Crippen LogP contribution in [0.3, 0.4) is 0 Å². The van der Waals surface area contributed by atoms with E-state index in [9.17, 15) is 0 Å². The van der Waals surface area contributed by atoms with Crippen LogP contribution >= 0.6 is 7.82 Å². The van der Waals surface area contributed by atoms with Gasteiger partial charge in [0.15, 0.2) is 0 Å². The van der Waals surface area contributed by atoms with Crippen LogP contribution in [0.15, 0.2) is 0 Å². The summed E-state index contributed by atoms with van der Waals surface area (Å²) < 4.78 is 14.7. The second-order valence-corrected chi connectivity index (χ2v) is 14.8. The lowest BCUT2D eigenvalue weighted by Crippen LogP contribution is -2.16. The normalized spacial score (nSPS) is 11.2. The highest BCUT2D eigenvalue weighted by atomic mass is 31.2. The molecule has 0 saturated heterocycles. The van der Waals surface area contributed by atoms with Crippen LogP contribution in [0.4, 0.5) is 0 Å². The number of hydrogen-bond donors (Lipinski definition) is 4. The van der Waals surface area contributed by atoms with Crippen LogP contribution in [0.25, 0.3) is 0 Å². The summed E-state index contributed by atoms with van der Waals surface area (Å²) in [4.78, 5) is 21.6. The molecule has 6 nitrogen and oxygen atoms in total. The van der Waals surface area contributed by atoms with Crippen molar-refractivity contribution in [3.63, 3.8) is 0 Å². The summed E-state index contributed by atoms with van der Waals surface area (Å²) in [7, 11) is -4.64. The van der Waals surface area contributed by atoms with E-state index in [0.29, 0.717) is 0 Å². The Morgan fingerprint density at radius 1 is 0.362 bits per heavy atom. The van der Waals surface area contributed by atoms with Gasteiger partial charge in [-0.1, -0.05) is 207 Å². The van der Waals surface area contributed by atoms with Gasteiger partial charge < -0.3 is 24.7 Å². The van der Waals surface area contributed by atoms with Gasteiger partial charge in [0.1, 0.15) is 0 Å². The maximum absolute atomic E-state index is 8.88. The van der Waals surface area contributed by atoms with Crippen LogP contribution in [-0.4, -0.2) is 41.0 Å². The SMILES string of the molecule is CCCCCCCCCCCCOCCCCCCCCCCCC.CCCCCCCCNCCCCCCCC.O=P(O)(O)O. The minimum Gasteiger partial charge on any atom is -0.381 e. The molecule has 0 aromatic rings. The first-order chi connectivity index (χ1) is 22.8. The first-order valence-electron chi connectivity index (χ1n) is 20.9. The molecule has 0 spiro atoms. The maximum Gasteiger partial charge on any atom is 0.466 e. The van der Waals surface area contributed by atoms with Crippen molar-refractivity contribution in [2.24, 2.45) is 0 Å². The molecule has 0 amide bonds. The summed E-state index contributed by atoms with van der Waals surface area (Å²) in [6.45, 7) is 13.6. The zero-order valence-corrected chi connectivity index (χ0v) is 33.5. The topological polar surface area (TPSA) is 99.0 Å². The van der Waals surface area contributed by atoms with Crippen LogP contribution < -0.4 is 5.32 Å². The molecule has 0 saturated carbocycles. The highest BCUT2D eigenvalue weighted by molar-refractivity contribution is 7.45. The Morgan fingerprint density at radius 3 is 0.787 bits per heavy atom. The van der Waals surface area contributed by atoms with Crippen molar-refractivity contribution in [3.8, 4) is 0 Å². The van der Waals surface area contributed by atoms with Gasteiger partial charge in [-0.25, -0.2) is 4.57 Å². The van der Waals surface area contributed by atoms with E-state index in [0.717, 1.165) is 13.2 Å². The van der Waals surface area contributed by atoms with E-state index in [1.807, 2.05) is 0 Å². The molecule has 0 aliphatic heterocycles. The van der Waals surface area contributed by atoms with Crippen molar-refractivity contribution in [1.82, 2.24) is 5.32 Å². The maximum atomic E-state index is 8.88. The minimum absolute atomic E-state index is 0.994. The largest absolute Gasteiger partial charge is 0.466 e. The molecule has 0 aromatic carbocycles. The van der Waals surface area contributed by atoms with Crippen LogP contribution in [0.1, 0.15) is 233 Å². The Bertz CT molecular complexity index is 516. The fourth-order valence-electron chi connectivity index (χ4n) is 5.67. The van der Waals surface area contributed by atoms with Crippen molar-refractivity contribution in [1.29, 1.82) is 0 Å². The fraction of sp³-hybridized carbons (Fsp3) is 1.00. The van der Waals surface area contributed by atoms with Crippen LogP contribution in [0.2, 0.25) is 0 Å². The van der Waals surface area contributed by atoms with Crippen molar-refractivity contribution in [2.45, 2.75) is 233 Å². The summed E-state index contributed by atoms with van der Waals surface area (Å²) in [5.41, 5.74) is 0. The molecule has 0 rings (SSSR count). The quantitative estimate of drug-likeness (QED) is 0.0385. The van der Waals surface area contributed by atoms with Crippen molar-refractivity contribution >= 4 is 7.82 Å². The first kappa shape index (κ1) is 51.4. The van der Waals surface area contributed by atoms with Gasteiger partial charge in [0.25, 0.3) is 0 Å². The van der Waals surface area contributed by atoms with Gasteiger partial charge in [0.2, 0.25) is 0 Å². The lowest BCUT2D eigenvalue weighted by molar-refractivity contribution is 0.125. The van der Waals surface area contributed by atoms with E-state index < -0.39 is 7.82 Å². The van der Waals surface area contributed by atoms with E-state index in [2.05, 4.69) is 33.0 Å². The molecule has 0 fully saturated rings. The van der Waals surface area contributed by atoms with Gasteiger partial charge in [-0.05, 0) is 38.8 Å². The Balaban J connectivity index is -0.000000757. The van der Waals surface area contributed by atoms with E-state index >= 15 is 0 Å². The number of hydrogen-bond acceptors (Lipinski definition) is 3. The summed E-state index contributed by atoms with van der Waals surface area (Å²) in [6.07, 6.45) is 45.1. The second kappa shape index (κ2) is 48.1. The third-order valence-electron chi connectivity index (χ3n) is 8.70. The fourth-order valence-corrected chi connectivity index (χ4v) is 5.67. The molecule has 47 heavy (non-hydrogen) atoms. The molecule has 0 bridgehead atoms. The van der Waals surface area contributed by atoms with Crippen LogP contribution in [0, 0.1) is 0 Å². The Morgan fingerprint density at radius 2 is 0.553 bits per heavy atom. The Hall–Kier alpha value is 0.0300. The van der Waals surface area contributed by atoms with E-state index in [1.165, 1.54) is 219 Å². The molecule has 0 atom stereocenters. The molecule has 0 radical (unpaired) electrons. The van der Waals surface area contributed by atoms with Crippen molar-refractivity contribution in [3.05, 3.63) is 0 Å². The predicted octanol–water partition coefficient (Wildman–Crippen LogP) is 13.2. The molecule has 0 heterocycles. The monoisotopic (exact) mass is 694 g/mol. The number of rotatable bonds is 36. The zero-order chi connectivity index (χ0) is 35.4. The average molecular weight is 694 g/mol. The van der Waals surface area contributed by atoms with Crippen LogP contribution in [0.5, 0.6) is 0 Å². The van der Waals surface area contributed by atoms with Crippen molar-refractivity contribution < 1.29 is 24.0 Å². The highest BCUT2D eigenvalue weighted by Crippen LogP contribution is 2.25. The molecule has 0 aromatic heterocycles. The lowest BCUT2D eigenvalue weighted by atomic mass is 10.1. The second-order valence-electron chi connectivity index (χ2n) is 13.8. The smallest absolute Gasteiger partial charge is 0.381 e. The van der Waals surface area contributed by atoms with Gasteiger partial charge in [0, 0.05) is 13.2 Å². The molecular weight excluding hydrogens is 605 g/mol. The van der Waals surface area contributed by atoms with Gasteiger partial charge in [-0.15, -0.1) is 0 Å². The lowest BCUT2D eigenvalue weighted by Gasteiger charge is -2.05. The Kier molecular flexibility index (Phi) is 52.7. The molecule has 7 heteroatoms. The molecular formula is C40H88NO5P. The number of unbranched alkanes of at least 4 members (excludes halogenated alkanes) is 28. The Labute approximate surface area is 296 Å². The third-order valence-corrected chi connectivity index (χ3v) is 8.70.